The van der Waals surface area contributed by atoms with E-state index >= 15 is 0 Å². The zero-order valence-corrected chi connectivity index (χ0v) is 14.6. The van der Waals surface area contributed by atoms with Gasteiger partial charge in [0.1, 0.15) is 0 Å². The number of benzene rings is 1. The van der Waals surface area contributed by atoms with Crippen LogP contribution in [0.5, 0.6) is 0 Å². The number of ether oxygens (including phenoxy) is 1. The molecular weight excluding hydrogens is 312 g/mol. The van der Waals surface area contributed by atoms with E-state index in [-0.39, 0.29) is 6.03 Å². The van der Waals surface area contributed by atoms with E-state index in [4.69, 9.17) is 4.74 Å². The third-order valence-electron chi connectivity index (χ3n) is 3.91. The van der Waals surface area contributed by atoms with Gasteiger partial charge in [0, 0.05) is 48.2 Å². The SMILES string of the molecule is COCCS(=O)Cc1cccc(NC(=O)N2CCCCCC2)c1. The second-order valence-corrected chi connectivity index (χ2v) is 7.39. The van der Waals surface area contributed by atoms with Crippen LogP contribution >= 0.6 is 0 Å². The first-order valence-corrected chi connectivity index (χ1v) is 9.66. The van der Waals surface area contributed by atoms with Crippen LogP contribution in [-0.2, 0) is 21.3 Å². The smallest absolute Gasteiger partial charge is 0.321 e. The number of hydrogen-bond acceptors (Lipinski definition) is 3. The summed E-state index contributed by atoms with van der Waals surface area (Å²) in [7, 11) is 0.661. The average Bonchev–Trinajstić information content (AvgIpc) is 2.82. The number of rotatable bonds is 6. The molecule has 1 aliphatic rings. The summed E-state index contributed by atoms with van der Waals surface area (Å²) in [6, 6.07) is 7.56. The summed E-state index contributed by atoms with van der Waals surface area (Å²) < 4.78 is 16.9. The van der Waals surface area contributed by atoms with E-state index in [0.717, 1.165) is 37.2 Å². The third kappa shape index (κ3) is 6.31. The van der Waals surface area contributed by atoms with E-state index in [1.54, 1.807) is 7.11 Å². The van der Waals surface area contributed by atoms with E-state index in [1.807, 2.05) is 29.2 Å². The lowest BCUT2D eigenvalue weighted by molar-refractivity contribution is 0.214. The van der Waals surface area contributed by atoms with E-state index in [2.05, 4.69) is 5.32 Å². The van der Waals surface area contributed by atoms with Crippen LogP contribution in [0.2, 0.25) is 0 Å². The molecule has 0 aliphatic carbocycles. The van der Waals surface area contributed by atoms with Gasteiger partial charge in [0.25, 0.3) is 0 Å². The minimum Gasteiger partial charge on any atom is -0.384 e. The molecule has 1 unspecified atom stereocenters. The highest BCUT2D eigenvalue weighted by Crippen LogP contribution is 2.15. The number of urea groups is 1. The number of hydrogen-bond donors (Lipinski definition) is 1. The summed E-state index contributed by atoms with van der Waals surface area (Å²) in [6.45, 7) is 2.15. The van der Waals surface area contributed by atoms with Gasteiger partial charge in [0.05, 0.1) is 6.61 Å². The second kappa shape index (κ2) is 9.67. The highest BCUT2D eigenvalue weighted by Gasteiger charge is 2.15. The van der Waals surface area contributed by atoms with Crippen molar-refractivity contribution in [3.05, 3.63) is 29.8 Å². The summed E-state index contributed by atoms with van der Waals surface area (Å²) in [4.78, 5) is 14.2. The number of anilines is 1. The maximum Gasteiger partial charge on any atom is 0.321 e. The molecule has 0 bridgehead atoms. The summed E-state index contributed by atoms with van der Waals surface area (Å²) in [5.41, 5.74) is 1.73. The van der Waals surface area contributed by atoms with Gasteiger partial charge in [-0.2, -0.15) is 0 Å². The highest BCUT2D eigenvalue weighted by atomic mass is 32.2. The molecular formula is C17H26N2O3S. The van der Waals surface area contributed by atoms with Gasteiger partial charge in [0.2, 0.25) is 0 Å². The first kappa shape index (κ1) is 17.9. The minimum absolute atomic E-state index is 0.0374. The summed E-state index contributed by atoms with van der Waals surface area (Å²) in [5.74, 6) is 1.01. The fraction of sp³-hybridized carbons (Fsp3) is 0.588. The van der Waals surface area contributed by atoms with Crippen molar-refractivity contribution < 1.29 is 13.7 Å². The molecule has 1 saturated heterocycles. The molecule has 1 aromatic rings. The number of methoxy groups -OCH3 is 1. The van der Waals surface area contributed by atoms with Crippen LogP contribution < -0.4 is 5.32 Å². The van der Waals surface area contributed by atoms with Crippen molar-refractivity contribution in [1.82, 2.24) is 4.90 Å². The molecule has 1 fully saturated rings. The van der Waals surface area contributed by atoms with Gasteiger partial charge >= 0.3 is 6.03 Å². The van der Waals surface area contributed by atoms with Gasteiger partial charge in [-0.1, -0.05) is 25.0 Å². The first-order chi connectivity index (χ1) is 11.2. The molecule has 0 spiro atoms. The molecule has 23 heavy (non-hydrogen) atoms. The van der Waals surface area contributed by atoms with Crippen LogP contribution in [0.4, 0.5) is 10.5 Å². The van der Waals surface area contributed by atoms with Crippen molar-refractivity contribution in [1.29, 1.82) is 0 Å². The third-order valence-corrected chi connectivity index (χ3v) is 5.19. The first-order valence-electron chi connectivity index (χ1n) is 8.18. The lowest BCUT2D eigenvalue weighted by Crippen LogP contribution is -2.35. The predicted molar refractivity (Wildman–Crippen MR) is 94.1 cm³/mol. The number of amides is 2. The Morgan fingerprint density at radius 3 is 2.70 bits per heavy atom. The van der Waals surface area contributed by atoms with Gasteiger partial charge in [-0.25, -0.2) is 4.79 Å². The van der Waals surface area contributed by atoms with Crippen molar-refractivity contribution >= 4 is 22.5 Å². The zero-order chi connectivity index (χ0) is 16.5. The van der Waals surface area contributed by atoms with E-state index < -0.39 is 10.8 Å². The van der Waals surface area contributed by atoms with Gasteiger partial charge in [0.15, 0.2) is 0 Å². The summed E-state index contributed by atoms with van der Waals surface area (Å²) >= 11 is 0. The largest absolute Gasteiger partial charge is 0.384 e. The van der Waals surface area contributed by atoms with Crippen molar-refractivity contribution in [3.8, 4) is 0 Å². The zero-order valence-electron chi connectivity index (χ0n) is 13.8. The molecule has 6 heteroatoms. The topological polar surface area (TPSA) is 58.6 Å². The normalized spacial score (nSPS) is 16.7. The Bertz CT molecular complexity index is 528. The van der Waals surface area contributed by atoms with E-state index in [0.29, 0.717) is 18.1 Å². The molecule has 5 nitrogen and oxygen atoms in total. The number of carbonyl (C=O) groups is 1. The molecule has 1 atom stereocenters. The van der Waals surface area contributed by atoms with Gasteiger partial charge in [-0.15, -0.1) is 0 Å². The van der Waals surface area contributed by atoms with Gasteiger partial charge in [-0.05, 0) is 30.5 Å². The predicted octanol–water partition coefficient (Wildman–Crippen LogP) is 2.99. The van der Waals surface area contributed by atoms with Crippen LogP contribution in [0.15, 0.2) is 24.3 Å². The fourth-order valence-corrected chi connectivity index (χ4v) is 3.70. The van der Waals surface area contributed by atoms with Crippen LogP contribution in [-0.4, -0.2) is 47.7 Å². The Labute approximate surface area is 140 Å². The molecule has 0 saturated carbocycles. The minimum atomic E-state index is -0.947. The number of nitrogens with one attached hydrogen (secondary N) is 1. The fourth-order valence-electron chi connectivity index (χ4n) is 2.65. The number of likely N-dealkylation sites (tertiary alicyclic amines) is 1. The van der Waals surface area contributed by atoms with Gasteiger partial charge in [-0.3, -0.25) is 4.21 Å². The average molecular weight is 338 g/mol. The van der Waals surface area contributed by atoms with E-state index in [9.17, 15) is 9.00 Å². The molecule has 128 valence electrons. The Hall–Kier alpha value is -1.40. The van der Waals surface area contributed by atoms with Gasteiger partial charge < -0.3 is 15.0 Å². The van der Waals surface area contributed by atoms with Crippen molar-refractivity contribution in [3.63, 3.8) is 0 Å². The van der Waals surface area contributed by atoms with Crippen LogP contribution in [0.1, 0.15) is 31.2 Å². The van der Waals surface area contributed by atoms with E-state index in [1.165, 1.54) is 12.8 Å². The standard InChI is InChI=1S/C17H26N2O3S/c1-22-11-12-23(21)14-15-7-6-8-16(13-15)18-17(20)19-9-4-2-3-5-10-19/h6-8,13H,2-5,9-12,14H2,1H3,(H,18,20). The monoisotopic (exact) mass is 338 g/mol. The van der Waals surface area contributed by atoms with Crippen LogP contribution in [0.25, 0.3) is 0 Å². The summed E-state index contributed by atoms with van der Waals surface area (Å²) in [6.07, 6.45) is 4.55. The molecule has 1 N–H and O–H groups in total. The Morgan fingerprint density at radius 2 is 2.00 bits per heavy atom. The molecule has 1 aromatic carbocycles. The molecule has 1 aliphatic heterocycles. The molecule has 0 aromatic heterocycles. The lowest BCUT2D eigenvalue weighted by Gasteiger charge is -2.21. The molecule has 2 amide bonds. The quantitative estimate of drug-likeness (QED) is 0.867. The lowest BCUT2D eigenvalue weighted by atomic mass is 10.2. The van der Waals surface area contributed by atoms with Crippen molar-refractivity contribution in [2.45, 2.75) is 31.4 Å². The van der Waals surface area contributed by atoms with Crippen molar-refractivity contribution in [2.24, 2.45) is 0 Å². The Balaban J connectivity index is 1.91. The molecule has 1 heterocycles. The maximum atomic E-state index is 12.3. The highest BCUT2D eigenvalue weighted by molar-refractivity contribution is 7.84. The van der Waals surface area contributed by atoms with Crippen molar-refractivity contribution in [2.75, 3.05) is 37.9 Å². The second-order valence-electron chi connectivity index (χ2n) is 5.81. The number of nitrogens with zero attached hydrogens (tertiary/aromatic N) is 1. The molecule has 2 rings (SSSR count). The van der Waals surface area contributed by atoms with Crippen LogP contribution in [0.3, 0.4) is 0 Å². The maximum absolute atomic E-state index is 12.3. The number of carbonyl (C=O) groups excluding carboxylic acids is 1. The molecule has 0 radical (unpaired) electrons. The Morgan fingerprint density at radius 1 is 1.26 bits per heavy atom. The summed E-state index contributed by atoms with van der Waals surface area (Å²) in [5, 5.41) is 2.96. The Kier molecular flexibility index (Phi) is 7.55. The van der Waals surface area contributed by atoms with Crippen LogP contribution in [0, 0.1) is 0 Å².